The zero-order valence-electron chi connectivity index (χ0n) is 11.9. The molecule has 0 heterocycles. The molecule has 0 radical (unpaired) electrons. The van der Waals surface area contributed by atoms with Gasteiger partial charge in [-0.3, -0.25) is 4.79 Å². The van der Waals surface area contributed by atoms with Crippen LogP contribution in [0.25, 0.3) is 0 Å². The normalized spacial score (nSPS) is 16.5. The molecule has 3 nitrogen and oxygen atoms in total. The summed E-state index contributed by atoms with van der Waals surface area (Å²) < 4.78 is 4.92. The maximum atomic E-state index is 11.8. The summed E-state index contributed by atoms with van der Waals surface area (Å²) in [6.45, 7) is 2.86. The van der Waals surface area contributed by atoms with Gasteiger partial charge in [-0.05, 0) is 37.0 Å². The molecular weight excluding hydrogens is 238 g/mol. The summed E-state index contributed by atoms with van der Waals surface area (Å²) in [6.07, 6.45) is 5.26. The number of carbonyl (C=O) groups is 1. The summed E-state index contributed by atoms with van der Waals surface area (Å²) in [5.41, 5.74) is 2.14. The smallest absolute Gasteiger partial charge is 0.313 e. The first-order chi connectivity index (χ1) is 9.20. The van der Waals surface area contributed by atoms with Crippen LogP contribution in [0.3, 0.4) is 0 Å². The number of hydrogen-bond donors (Lipinski definition) is 1. The summed E-state index contributed by atoms with van der Waals surface area (Å²) >= 11 is 0. The molecule has 1 aromatic rings. The molecule has 0 aliphatic heterocycles. The Kier molecular flexibility index (Phi) is 4.46. The molecule has 2 rings (SSSR count). The van der Waals surface area contributed by atoms with Gasteiger partial charge in [-0.25, -0.2) is 0 Å². The van der Waals surface area contributed by atoms with Gasteiger partial charge >= 0.3 is 5.97 Å². The van der Waals surface area contributed by atoms with Crippen LogP contribution >= 0.6 is 0 Å². The SMILES string of the molecule is CCCc1ccc(NCC2(C(=O)OC)CCC2)cc1. The molecule has 104 valence electrons. The van der Waals surface area contributed by atoms with Gasteiger partial charge in [0.15, 0.2) is 0 Å². The van der Waals surface area contributed by atoms with Crippen molar-refractivity contribution in [2.45, 2.75) is 39.0 Å². The van der Waals surface area contributed by atoms with Crippen LogP contribution in [-0.4, -0.2) is 19.6 Å². The van der Waals surface area contributed by atoms with E-state index in [0.29, 0.717) is 6.54 Å². The fourth-order valence-electron chi connectivity index (χ4n) is 2.62. The van der Waals surface area contributed by atoms with E-state index in [4.69, 9.17) is 4.74 Å². The van der Waals surface area contributed by atoms with Gasteiger partial charge in [0, 0.05) is 12.2 Å². The Hall–Kier alpha value is -1.51. The second-order valence-electron chi connectivity index (χ2n) is 5.43. The molecule has 1 aromatic carbocycles. The zero-order valence-corrected chi connectivity index (χ0v) is 11.9. The second-order valence-corrected chi connectivity index (χ2v) is 5.43. The predicted molar refractivity (Wildman–Crippen MR) is 77.2 cm³/mol. The second kappa shape index (κ2) is 6.09. The van der Waals surface area contributed by atoms with E-state index in [1.807, 2.05) is 0 Å². The van der Waals surface area contributed by atoms with E-state index >= 15 is 0 Å². The van der Waals surface area contributed by atoms with Crippen molar-refractivity contribution in [2.75, 3.05) is 19.0 Å². The molecule has 1 saturated carbocycles. The third kappa shape index (κ3) is 3.09. The highest BCUT2D eigenvalue weighted by Crippen LogP contribution is 2.42. The van der Waals surface area contributed by atoms with Gasteiger partial charge in [-0.15, -0.1) is 0 Å². The number of benzene rings is 1. The van der Waals surface area contributed by atoms with Crippen molar-refractivity contribution in [3.8, 4) is 0 Å². The Balaban J connectivity index is 1.92. The number of nitrogens with one attached hydrogen (secondary N) is 1. The first-order valence-electron chi connectivity index (χ1n) is 7.11. The lowest BCUT2D eigenvalue weighted by Crippen LogP contribution is -2.44. The van der Waals surface area contributed by atoms with Crippen LogP contribution in [0.5, 0.6) is 0 Å². The fourth-order valence-corrected chi connectivity index (χ4v) is 2.62. The highest BCUT2D eigenvalue weighted by molar-refractivity contribution is 5.78. The summed E-state index contributed by atoms with van der Waals surface area (Å²) in [5.74, 6) is -0.0751. The van der Waals surface area contributed by atoms with Gasteiger partial charge in [0.25, 0.3) is 0 Å². The van der Waals surface area contributed by atoms with Gasteiger partial charge in [0.1, 0.15) is 0 Å². The summed E-state index contributed by atoms with van der Waals surface area (Å²) in [4.78, 5) is 11.8. The van der Waals surface area contributed by atoms with Crippen LogP contribution in [0.1, 0.15) is 38.2 Å². The number of rotatable bonds is 6. The van der Waals surface area contributed by atoms with Crippen LogP contribution < -0.4 is 5.32 Å². The van der Waals surface area contributed by atoms with Crippen molar-refractivity contribution >= 4 is 11.7 Å². The van der Waals surface area contributed by atoms with Crippen LogP contribution in [0.2, 0.25) is 0 Å². The highest BCUT2D eigenvalue weighted by atomic mass is 16.5. The minimum Gasteiger partial charge on any atom is -0.469 e. The Morgan fingerprint density at radius 3 is 2.47 bits per heavy atom. The van der Waals surface area contributed by atoms with Crippen LogP contribution in [0, 0.1) is 5.41 Å². The zero-order chi connectivity index (χ0) is 13.7. The third-order valence-corrected chi connectivity index (χ3v) is 4.05. The molecule has 1 aliphatic carbocycles. The van der Waals surface area contributed by atoms with Gasteiger partial charge in [0.05, 0.1) is 12.5 Å². The van der Waals surface area contributed by atoms with Crippen LogP contribution in [0.15, 0.2) is 24.3 Å². The quantitative estimate of drug-likeness (QED) is 0.798. The number of anilines is 1. The van der Waals surface area contributed by atoms with E-state index in [2.05, 4.69) is 36.5 Å². The number of hydrogen-bond acceptors (Lipinski definition) is 3. The molecule has 0 atom stereocenters. The van der Waals surface area contributed by atoms with Crippen molar-refractivity contribution < 1.29 is 9.53 Å². The van der Waals surface area contributed by atoms with Crippen molar-refractivity contribution in [3.05, 3.63) is 29.8 Å². The highest BCUT2D eigenvalue weighted by Gasteiger charge is 2.45. The predicted octanol–water partition coefficient (Wildman–Crippen LogP) is 3.39. The Bertz CT molecular complexity index is 421. The molecule has 0 bridgehead atoms. The van der Waals surface area contributed by atoms with Crippen LogP contribution in [0.4, 0.5) is 5.69 Å². The van der Waals surface area contributed by atoms with Crippen molar-refractivity contribution in [1.82, 2.24) is 0 Å². The molecule has 1 fully saturated rings. The molecule has 19 heavy (non-hydrogen) atoms. The number of esters is 1. The number of ether oxygens (including phenoxy) is 1. The average Bonchev–Trinajstić information content (AvgIpc) is 2.39. The molecule has 0 saturated heterocycles. The number of carbonyl (C=O) groups excluding carboxylic acids is 1. The molecule has 0 spiro atoms. The first-order valence-corrected chi connectivity index (χ1v) is 7.11. The minimum absolute atomic E-state index is 0.0751. The van der Waals surface area contributed by atoms with E-state index in [-0.39, 0.29) is 11.4 Å². The Labute approximate surface area is 115 Å². The molecule has 1 N–H and O–H groups in total. The maximum Gasteiger partial charge on any atom is 0.313 e. The Morgan fingerprint density at radius 1 is 1.32 bits per heavy atom. The van der Waals surface area contributed by atoms with Gasteiger partial charge in [-0.1, -0.05) is 31.9 Å². The van der Waals surface area contributed by atoms with E-state index in [1.54, 1.807) is 0 Å². The lowest BCUT2D eigenvalue weighted by molar-refractivity contribution is -0.157. The van der Waals surface area contributed by atoms with E-state index in [0.717, 1.165) is 37.8 Å². The van der Waals surface area contributed by atoms with Gasteiger partial charge in [-0.2, -0.15) is 0 Å². The minimum atomic E-state index is -0.295. The Morgan fingerprint density at radius 2 is 2.00 bits per heavy atom. The average molecular weight is 261 g/mol. The standard InChI is InChI=1S/C16H23NO2/c1-3-5-13-6-8-14(9-7-13)17-12-16(10-4-11-16)15(18)19-2/h6-9,17H,3-5,10-12H2,1-2H3. The summed E-state index contributed by atoms with van der Waals surface area (Å²) in [6, 6.07) is 8.48. The van der Waals surface area contributed by atoms with Gasteiger partial charge < -0.3 is 10.1 Å². The third-order valence-electron chi connectivity index (χ3n) is 4.05. The summed E-state index contributed by atoms with van der Waals surface area (Å²) in [7, 11) is 1.47. The molecule has 0 unspecified atom stereocenters. The first kappa shape index (κ1) is 13.9. The van der Waals surface area contributed by atoms with Gasteiger partial charge in [0.2, 0.25) is 0 Å². The van der Waals surface area contributed by atoms with Crippen molar-refractivity contribution in [1.29, 1.82) is 0 Å². The maximum absolute atomic E-state index is 11.8. The summed E-state index contributed by atoms with van der Waals surface area (Å²) in [5, 5.41) is 3.37. The molecule has 0 amide bonds. The van der Waals surface area contributed by atoms with Crippen molar-refractivity contribution in [2.24, 2.45) is 5.41 Å². The molecular formula is C16H23NO2. The van der Waals surface area contributed by atoms with E-state index in [1.165, 1.54) is 12.7 Å². The van der Waals surface area contributed by atoms with Crippen LogP contribution in [-0.2, 0) is 16.0 Å². The lowest BCUT2D eigenvalue weighted by atomic mass is 9.68. The fraction of sp³-hybridized carbons (Fsp3) is 0.562. The molecule has 3 heteroatoms. The topological polar surface area (TPSA) is 38.3 Å². The number of methoxy groups -OCH3 is 1. The monoisotopic (exact) mass is 261 g/mol. The molecule has 1 aliphatic rings. The van der Waals surface area contributed by atoms with E-state index < -0.39 is 0 Å². The van der Waals surface area contributed by atoms with Crippen molar-refractivity contribution in [3.63, 3.8) is 0 Å². The lowest BCUT2D eigenvalue weighted by Gasteiger charge is -2.39. The van der Waals surface area contributed by atoms with E-state index in [9.17, 15) is 4.79 Å². The molecule has 0 aromatic heterocycles. The largest absolute Gasteiger partial charge is 0.469 e. The number of aryl methyl sites for hydroxylation is 1.